The highest BCUT2D eigenvalue weighted by Gasteiger charge is 2.63. The summed E-state index contributed by atoms with van der Waals surface area (Å²) in [7, 11) is 0. The molecule has 0 bridgehead atoms. The lowest BCUT2D eigenvalue weighted by molar-refractivity contribution is 0.109. The van der Waals surface area contributed by atoms with Crippen molar-refractivity contribution in [2.45, 2.75) is 64.8 Å². The van der Waals surface area contributed by atoms with Crippen LogP contribution in [0.25, 0.3) is 0 Å². The number of benzene rings is 1. The van der Waals surface area contributed by atoms with Crippen LogP contribution < -0.4 is 10.2 Å². The average molecular weight is 482 g/mol. The maximum Gasteiger partial charge on any atom is 0.417 e. The zero-order chi connectivity index (χ0) is 24.0. The number of aryl methyl sites for hydroxylation is 1. The number of hydrogen-bond donors (Lipinski definition) is 1. The van der Waals surface area contributed by atoms with Gasteiger partial charge < -0.3 is 14.6 Å². The van der Waals surface area contributed by atoms with E-state index >= 15 is 0 Å². The summed E-state index contributed by atoms with van der Waals surface area (Å²) in [6.45, 7) is 8.67. The molecule has 2 aromatic heterocycles. The summed E-state index contributed by atoms with van der Waals surface area (Å²) in [4.78, 5) is 32.4. The van der Waals surface area contributed by atoms with Crippen LogP contribution >= 0.6 is 11.6 Å². The molecule has 1 aliphatic heterocycles. The lowest BCUT2D eigenvalue weighted by Gasteiger charge is -2.26. The second-order valence-electron chi connectivity index (χ2n) is 9.46. The Morgan fingerprint density at radius 1 is 1.18 bits per heavy atom. The number of carbonyl (C=O) groups is 1. The van der Waals surface area contributed by atoms with Gasteiger partial charge in [-0.15, -0.1) is 0 Å². The normalized spacial score (nSPS) is 19.5. The van der Waals surface area contributed by atoms with Gasteiger partial charge in [0.2, 0.25) is 11.9 Å². The van der Waals surface area contributed by atoms with Crippen LogP contribution in [0.3, 0.4) is 0 Å². The first-order valence-corrected chi connectivity index (χ1v) is 11.9. The molecule has 1 spiro atoms. The van der Waals surface area contributed by atoms with Crippen molar-refractivity contribution in [3.8, 4) is 0 Å². The van der Waals surface area contributed by atoms with Gasteiger partial charge in [0.05, 0.1) is 24.1 Å². The van der Waals surface area contributed by atoms with Crippen molar-refractivity contribution in [2.75, 3.05) is 10.2 Å². The van der Waals surface area contributed by atoms with Gasteiger partial charge in [-0.1, -0.05) is 37.6 Å². The third kappa shape index (κ3) is 4.32. The van der Waals surface area contributed by atoms with E-state index in [4.69, 9.17) is 16.3 Å². The molecule has 10 heteroatoms. The Labute approximate surface area is 203 Å². The predicted molar refractivity (Wildman–Crippen MR) is 129 cm³/mol. The number of nitrogens with one attached hydrogen (secondary N) is 1. The van der Waals surface area contributed by atoms with Gasteiger partial charge in [0.25, 0.3) is 0 Å². The first kappa shape index (κ1) is 22.6. The zero-order valence-electron chi connectivity index (χ0n) is 19.7. The highest BCUT2D eigenvalue weighted by molar-refractivity contribution is 6.30. The first-order chi connectivity index (χ1) is 16.2. The van der Waals surface area contributed by atoms with Crippen LogP contribution in [0.2, 0.25) is 5.02 Å². The third-order valence-corrected chi connectivity index (χ3v) is 6.60. The molecule has 2 fully saturated rings. The van der Waals surface area contributed by atoms with Crippen LogP contribution in [0.4, 0.5) is 16.7 Å². The predicted octanol–water partition coefficient (Wildman–Crippen LogP) is 4.77. The lowest BCUT2D eigenvalue weighted by Crippen LogP contribution is -2.43. The maximum atomic E-state index is 12.7. The van der Waals surface area contributed by atoms with Crippen molar-refractivity contribution in [3.05, 3.63) is 58.9 Å². The molecule has 178 valence electrons. The molecule has 1 aliphatic carbocycles. The molecular formula is C24H28ClN7O2. The molecule has 1 amide bonds. The Balaban J connectivity index is 1.33. The van der Waals surface area contributed by atoms with Gasteiger partial charge >= 0.3 is 6.09 Å². The fourth-order valence-electron chi connectivity index (χ4n) is 4.66. The average Bonchev–Trinajstić information content (AvgIpc) is 3.25. The number of carbonyl (C=O) groups excluding carboxylic acids is 1. The highest BCUT2D eigenvalue weighted by Crippen LogP contribution is 2.52. The highest BCUT2D eigenvalue weighted by atomic mass is 35.5. The smallest absolute Gasteiger partial charge is 0.417 e. The molecular weight excluding hydrogens is 454 g/mol. The number of halogens is 1. The lowest BCUT2D eigenvalue weighted by atomic mass is 9.96. The van der Waals surface area contributed by atoms with E-state index in [1.54, 1.807) is 18.2 Å². The van der Waals surface area contributed by atoms with Crippen LogP contribution in [0.5, 0.6) is 0 Å². The quantitative estimate of drug-likeness (QED) is 0.519. The summed E-state index contributed by atoms with van der Waals surface area (Å²) in [5.74, 6) is 1.46. The Hall–Kier alpha value is -3.20. The van der Waals surface area contributed by atoms with Crippen LogP contribution in [0.15, 0.2) is 36.8 Å². The van der Waals surface area contributed by atoms with E-state index in [0.717, 1.165) is 24.1 Å². The summed E-state index contributed by atoms with van der Waals surface area (Å²) >= 11 is 5.98. The molecule has 1 N–H and O–H groups in total. The number of rotatable bonds is 7. The first-order valence-electron chi connectivity index (χ1n) is 11.5. The van der Waals surface area contributed by atoms with E-state index in [0.29, 0.717) is 29.3 Å². The molecule has 2 atom stereocenters. The van der Waals surface area contributed by atoms with Crippen LogP contribution in [0, 0.1) is 12.8 Å². The number of anilines is 2. The molecule has 5 rings (SSSR count). The van der Waals surface area contributed by atoms with Crippen molar-refractivity contribution < 1.29 is 9.53 Å². The Kier molecular flexibility index (Phi) is 5.67. The van der Waals surface area contributed by atoms with E-state index in [9.17, 15) is 4.79 Å². The Morgan fingerprint density at radius 2 is 1.91 bits per heavy atom. The molecule has 9 nitrogen and oxygen atoms in total. The molecule has 0 radical (unpaired) electrons. The van der Waals surface area contributed by atoms with Gasteiger partial charge in [0, 0.05) is 17.8 Å². The van der Waals surface area contributed by atoms with Crippen LogP contribution in [-0.2, 0) is 11.3 Å². The summed E-state index contributed by atoms with van der Waals surface area (Å²) in [6.07, 6.45) is 5.16. The number of imidazole rings is 1. The van der Waals surface area contributed by atoms with Crippen molar-refractivity contribution in [2.24, 2.45) is 5.92 Å². The fourth-order valence-corrected chi connectivity index (χ4v) is 4.79. The summed E-state index contributed by atoms with van der Waals surface area (Å²) < 4.78 is 7.75. The maximum absolute atomic E-state index is 12.7. The third-order valence-electron chi connectivity index (χ3n) is 6.35. The summed E-state index contributed by atoms with van der Waals surface area (Å²) in [5.41, 5.74) is 1.59. The van der Waals surface area contributed by atoms with Gasteiger partial charge in [-0.3, -0.25) is 0 Å². The van der Waals surface area contributed by atoms with Crippen molar-refractivity contribution in [1.82, 2.24) is 24.5 Å². The number of aromatic nitrogens is 5. The SMILES string of the molecule is Cc1nc(N[C@@H](C)c2cn(Cc3ccc(Cl)cc3)cn2)nc(N2C(=O)OC3(CC3)[C@@H]2C(C)C)n1. The summed E-state index contributed by atoms with van der Waals surface area (Å²) in [6, 6.07) is 7.52. The number of ether oxygens (including phenoxy) is 1. The topological polar surface area (TPSA) is 98.1 Å². The molecule has 2 aliphatic rings. The molecule has 0 unspecified atom stereocenters. The van der Waals surface area contributed by atoms with Gasteiger partial charge in [-0.05, 0) is 50.3 Å². The fraction of sp³-hybridized carbons (Fsp3) is 0.458. The minimum atomic E-state index is -0.399. The molecule has 1 saturated carbocycles. The molecule has 34 heavy (non-hydrogen) atoms. The minimum Gasteiger partial charge on any atom is -0.440 e. The van der Waals surface area contributed by atoms with Gasteiger partial charge in [-0.2, -0.15) is 15.0 Å². The Bertz CT molecular complexity index is 1210. The molecule has 3 aromatic rings. The van der Waals surface area contributed by atoms with Crippen molar-refractivity contribution >= 4 is 29.6 Å². The molecule has 1 saturated heterocycles. The van der Waals surface area contributed by atoms with E-state index < -0.39 is 5.60 Å². The number of hydrogen-bond acceptors (Lipinski definition) is 7. The van der Waals surface area contributed by atoms with Gasteiger partial charge in [0.1, 0.15) is 11.4 Å². The second-order valence-corrected chi connectivity index (χ2v) is 9.90. The van der Waals surface area contributed by atoms with Gasteiger partial charge in [-0.25, -0.2) is 14.7 Å². The van der Waals surface area contributed by atoms with E-state index in [-0.39, 0.29) is 24.1 Å². The molecule has 1 aromatic carbocycles. The second kappa shape index (κ2) is 8.54. The van der Waals surface area contributed by atoms with Crippen LogP contribution in [0.1, 0.15) is 56.7 Å². The summed E-state index contributed by atoms with van der Waals surface area (Å²) in [5, 5.41) is 4.03. The minimum absolute atomic E-state index is 0.0874. The number of nitrogens with zero attached hydrogens (tertiary/aromatic N) is 6. The van der Waals surface area contributed by atoms with Gasteiger partial charge in [0.15, 0.2) is 0 Å². The standard InChI is InChI=1S/C24H28ClN7O2/c1-14(2)20-24(9-10-24)34-23(33)32(20)22-29-16(4)28-21(30-22)27-15(3)19-12-31(13-26-19)11-17-5-7-18(25)8-6-17/h5-8,12-15,20H,9-11H2,1-4H3,(H,27,28,29,30)/t15-,20-/m0/s1. The Morgan fingerprint density at radius 3 is 2.59 bits per heavy atom. The van der Waals surface area contributed by atoms with Crippen molar-refractivity contribution in [1.29, 1.82) is 0 Å². The van der Waals surface area contributed by atoms with Crippen LogP contribution in [-0.4, -0.2) is 42.2 Å². The monoisotopic (exact) mass is 481 g/mol. The van der Waals surface area contributed by atoms with E-state index in [2.05, 4.69) is 39.1 Å². The molecule has 3 heterocycles. The van der Waals surface area contributed by atoms with Crippen molar-refractivity contribution in [3.63, 3.8) is 0 Å². The van der Waals surface area contributed by atoms with E-state index in [1.807, 2.05) is 42.0 Å². The number of amides is 1. The van der Waals surface area contributed by atoms with E-state index in [1.165, 1.54) is 0 Å². The largest absolute Gasteiger partial charge is 0.440 e. The zero-order valence-corrected chi connectivity index (χ0v) is 20.5.